The third kappa shape index (κ3) is 3.14. The normalized spacial score (nSPS) is 20.7. The second-order valence-corrected chi connectivity index (χ2v) is 6.46. The van der Waals surface area contributed by atoms with Gasteiger partial charge in [-0.05, 0) is 25.0 Å². The Morgan fingerprint density at radius 2 is 2.04 bits per heavy atom. The highest BCUT2D eigenvalue weighted by atomic mass is 32.1. The SMILES string of the molecule is O=C(NC1CCN(c2cnsn2)CC1)[C@@H]1COc2ccccc2O1. The summed E-state index contributed by atoms with van der Waals surface area (Å²) in [7, 11) is 0. The van der Waals surface area contributed by atoms with Gasteiger partial charge in [-0.15, -0.1) is 0 Å². The first-order valence-electron chi connectivity index (χ1n) is 8.01. The number of hydrogen-bond acceptors (Lipinski definition) is 7. The minimum Gasteiger partial charge on any atom is -0.485 e. The van der Waals surface area contributed by atoms with Crippen LogP contribution in [-0.2, 0) is 4.79 Å². The third-order valence-electron chi connectivity index (χ3n) is 4.32. The minimum absolute atomic E-state index is 0.113. The Kier molecular flexibility index (Phi) is 4.20. The highest BCUT2D eigenvalue weighted by Crippen LogP contribution is 2.31. The molecule has 4 rings (SSSR count). The Hall–Kier alpha value is -2.35. The average molecular weight is 346 g/mol. The molecule has 0 unspecified atom stereocenters. The number of benzene rings is 1. The number of nitrogens with one attached hydrogen (secondary N) is 1. The number of carbonyl (C=O) groups excluding carboxylic acids is 1. The molecule has 1 atom stereocenters. The van der Waals surface area contributed by atoms with E-state index in [1.54, 1.807) is 6.20 Å². The van der Waals surface area contributed by atoms with Crippen molar-refractivity contribution in [3.63, 3.8) is 0 Å². The fourth-order valence-electron chi connectivity index (χ4n) is 2.99. The molecule has 1 saturated heterocycles. The highest BCUT2D eigenvalue weighted by molar-refractivity contribution is 6.99. The Morgan fingerprint density at radius 1 is 1.25 bits per heavy atom. The van der Waals surface area contributed by atoms with E-state index in [0.717, 1.165) is 31.7 Å². The van der Waals surface area contributed by atoms with Gasteiger partial charge in [-0.2, -0.15) is 8.75 Å². The molecule has 1 fully saturated rings. The van der Waals surface area contributed by atoms with Gasteiger partial charge in [-0.25, -0.2) is 0 Å². The number of para-hydroxylation sites is 2. The lowest BCUT2D eigenvalue weighted by Gasteiger charge is -2.33. The third-order valence-corrected chi connectivity index (χ3v) is 4.78. The van der Waals surface area contributed by atoms with Crippen LogP contribution in [0.5, 0.6) is 11.5 Å². The molecule has 1 amide bonds. The molecule has 2 aromatic rings. The van der Waals surface area contributed by atoms with Gasteiger partial charge in [-0.1, -0.05) is 12.1 Å². The van der Waals surface area contributed by atoms with Gasteiger partial charge in [0.2, 0.25) is 6.10 Å². The molecule has 0 saturated carbocycles. The largest absolute Gasteiger partial charge is 0.485 e. The second-order valence-electron chi connectivity index (χ2n) is 5.90. The van der Waals surface area contributed by atoms with Crippen LogP contribution in [0.25, 0.3) is 0 Å². The van der Waals surface area contributed by atoms with Gasteiger partial charge in [0.1, 0.15) is 6.61 Å². The molecule has 126 valence electrons. The average Bonchev–Trinajstić information content (AvgIpc) is 3.16. The Balaban J connectivity index is 1.30. The van der Waals surface area contributed by atoms with E-state index in [9.17, 15) is 4.79 Å². The molecule has 1 aromatic carbocycles. The summed E-state index contributed by atoms with van der Waals surface area (Å²) in [5.41, 5.74) is 0. The lowest BCUT2D eigenvalue weighted by Crippen LogP contribution is -2.51. The molecule has 1 N–H and O–H groups in total. The van der Waals surface area contributed by atoms with Gasteiger partial charge >= 0.3 is 0 Å². The van der Waals surface area contributed by atoms with E-state index in [1.165, 1.54) is 11.7 Å². The molecule has 3 heterocycles. The summed E-state index contributed by atoms with van der Waals surface area (Å²) in [6, 6.07) is 7.56. The van der Waals surface area contributed by atoms with Gasteiger partial charge in [0.15, 0.2) is 17.3 Å². The zero-order valence-corrected chi connectivity index (χ0v) is 13.9. The van der Waals surface area contributed by atoms with E-state index >= 15 is 0 Å². The van der Waals surface area contributed by atoms with Crippen molar-refractivity contribution in [1.29, 1.82) is 0 Å². The van der Waals surface area contributed by atoms with Crippen molar-refractivity contribution in [2.24, 2.45) is 0 Å². The molecule has 0 spiro atoms. The van der Waals surface area contributed by atoms with Crippen LogP contribution >= 0.6 is 11.7 Å². The number of ether oxygens (including phenoxy) is 2. The van der Waals surface area contributed by atoms with E-state index in [-0.39, 0.29) is 18.6 Å². The predicted octanol–water partition coefficient (Wildman–Crippen LogP) is 1.46. The van der Waals surface area contributed by atoms with Crippen LogP contribution in [0.2, 0.25) is 0 Å². The topological polar surface area (TPSA) is 76.6 Å². The maximum Gasteiger partial charge on any atom is 0.264 e. The van der Waals surface area contributed by atoms with E-state index in [2.05, 4.69) is 19.0 Å². The van der Waals surface area contributed by atoms with Crippen molar-refractivity contribution in [2.45, 2.75) is 25.0 Å². The van der Waals surface area contributed by atoms with Crippen molar-refractivity contribution >= 4 is 23.5 Å². The highest BCUT2D eigenvalue weighted by Gasteiger charge is 2.30. The predicted molar refractivity (Wildman–Crippen MR) is 89.6 cm³/mol. The summed E-state index contributed by atoms with van der Waals surface area (Å²) >= 11 is 1.22. The lowest BCUT2D eigenvalue weighted by molar-refractivity contribution is -0.131. The summed E-state index contributed by atoms with van der Waals surface area (Å²) in [6.07, 6.45) is 2.95. The maximum atomic E-state index is 12.4. The molecule has 2 aliphatic rings. The zero-order valence-electron chi connectivity index (χ0n) is 13.1. The number of piperidine rings is 1. The summed E-state index contributed by atoms with van der Waals surface area (Å²) in [4.78, 5) is 14.6. The standard InChI is InChI=1S/C16H18N4O3S/c21-16(14-10-22-12-3-1-2-4-13(12)23-14)18-11-5-7-20(8-6-11)15-9-17-24-19-15/h1-4,9,11,14H,5-8,10H2,(H,18,21)/t14-/m0/s1. The Bertz CT molecular complexity index is 701. The molecule has 24 heavy (non-hydrogen) atoms. The van der Waals surface area contributed by atoms with E-state index in [0.29, 0.717) is 11.5 Å². The van der Waals surface area contributed by atoms with Gasteiger partial charge in [0.25, 0.3) is 5.91 Å². The van der Waals surface area contributed by atoms with Crippen molar-refractivity contribution < 1.29 is 14.3 Å². The number of anilines is 1. The van der Waals surface area contributed by atoms with Gasteiger partial charge in [0.05, 0.1) is 17.9 Å². The molecule has 0 aliphatic carbocycles. The van der Waals surface area contributed by atoms with Gasteiger partial charge in [-0.3, -0.25) is 4.79 Å². The molecular weight excluding hydrogens is 328 g/mol. The summed E-state index contributed by atoms with van der Waals surface area (Å²) in [5, 5.41) is 3.08. The van der Waals surface area contributed by atoms with Gasteiger partial charge in [0, 0.05) is 19.1 Å². The fourth-order valence-corrected chi connectivity index (χ4v) is 3.43. The van der Waals surface area contributed by atoms with E-state index in [1.807, 2.05) is 24.3 Å². The van der Waals surface area contributed by atoms with Crippen LogP contribution in [0.15, 0.2) is 30.5 Å². The first-order valence-corrected chi connectivity index (χ1v) is 8.74. The number of carbonyl (C=O) groups is 1. The van der Waals surface area contributed by atoms with E-state index < -0.39 is 6.10 Å². The number of hydrogen-bond donors (Lipinski definition) is 1. The Morgan fingerprint density at radius 3 is 2.79 bits per heavy atom. The molecule has 2 aliphatic heterocycles. The molecule has 0 radical (unpaired) electrons. The van der Waals surface area contributed by atoms with Crippen LogP contribution in [-0.4, -0.2) is 46.5 Å². The minimum atomic E-state index is -0.597. The maximum absolute atomic E-state index is 12.4. The number of amides is 1. The first-order chi connectivity index (χ1) is 11.8. The molecule has 7 nitrogen and oxygen atoms in total. The van der Waals surface area contributed by atoms with Crippen LogP contribution in [0.1, 0.15) is 12.8 Å². The van der Waals surface area contributed by atoms with Crippen molar-refractivity contribution in [3.05, 3.63) is 30.5 Å². The summed E-state index contributed by atoms with van der Waals surface area (Å²) < 4.78 is 19.6. The smallest absolute Gasteiger partial charge is 0.264 e. The number of nitrogens with zero attached hydrogens (tertiary/aromatic N) is 3. The Labute approximate surface area is 143 Å². The number of rotatable bonds is 3. The van der Waals surface area contributed by atoms with Crippen LogP contribution in [0, 0.1) is 0 Å². The quantitative estimate of drug-likeness (QED) is 0.907. The van der Waals surface area contributed by atoms with Crippen LogP contribution in [0.4, 0.5) is 5.82 Å². The molecule has 1 aromatic heterocycles. The van der Waals surface area contributed by atoms with Crippen molar-refractivity contribution in [2.75, 3.05) is 24.6 Å². The fraction of sp³-hybridized carbons (Fsp3) is 0.438. The zero-order chi connectivity index (χ0) is 16.4. The van der Waals surface area contributed by atoms with Crippen molar-refractivity contribution in [3.8, 4) is 11.5 Å². The lowest BCUT2D eigenvalue weighted by atomic mass is 10.0. The number of fused-ring (bicyclic) bond motifs is 1. The van der Waals surface area contributed by atoms with Crippen molar-refractivity contribution in [1.82, 2.24) is 14.1 Å². The summed E-state index contributed by atoms with van der Waals surface area (Å²) in [5.74, 6) is 2.12. The molecular formula is C16H18N4O3S. The first kappa shape index (κ1) is 15.2. The summed E-state index contributed by atoms with van der Waals surface area (Å²) in [6.45, 7) is 1.97. The molecule has 0 bridgehead atoms. The number of aromatic nitrogens is 2. The van der Waals surface area contributed by atoms with Gasteiger partial charge < -0.3 is 19.7 Å². The monoisotopic (exact) mass is 346 g/mol. The van der Waals surface area contributed by atoms with Crippen LogP contribution in [0.3, 0.4) is 0 Å². The second kappa shape index (κ2) is 6.64. The van der Waals surface area contributed by atoms with Crippen LogP contribution < -0.4 is 19.7 Å². The van der Waals surface area contributed by atoms with E-state index in [4.69, 9.17) is 9.47 Å². The molecule has 8 heteroatoms.